The smallest absolute Gasteiger partial charge is 0.185 e. The molecule has 2 rings (SSSR count). The van der Waals surface area contributed by atoms with E-state index in [1.807, 2.05) is 0 Å². The minimum absolute atomic E-state index is 0.252. The van der Waals surface area contributed by atoms with Crippen LogP contribution in [-0.4, -0.2) is 8.42 Å². The van der Waals surface area contributed by atoms with E-state index in [1.165, 1.54) is 18.2 Å². The zero-order chi connectivity index (χ0) is 13.2. The van der Waals surface area contributed by atoms with Crippen LogP contribution in [0.4, 0.5) is 4.39 Å². The van der Waals surface area contributed by atoms with E-state index in [0.29, 0.717) is 5.56 Å². The van der Waals surface area contributed by atoms with Gasteiger partial charge < -0.3 is 0 Å². The Hall–Kier alpha value is -1.68. The van der Waals surface area contributed by atoms with Gasteiger partial charge in [0.1, 0.15) is 5.82 Å². The molecule has 0 aliphatic carbocycles. The van der Waals surface area contributed by atoms with Gasteiger partial charge in [0.25, 0.3) is 0 Å². The van der Waals surface area contributed by atoms with E-state index in [1.54, 1.807) is 43.3 Å². The second-order valence-corrected chi connectivity index (χ2v) is 6.32. The lowest BCUT2D eigenvalue weighted by molar-refractivity contribution is 0.585. The Bertz CT molecular complexity index is 636. The first kappa shape index (κ1) is 12.8. The molecule has 2 aromatic carbocycles. The summed E-state index contributed by atoms with van der Waals surface area (Å²) in [6.07, 6.45) is 0. The van der Waals surface area contributed by atoms with Gasteiger partial charge in [-0.2, -0.15) is 0 Å². The van der Waals surface area contributed by atoms with Gasteiger partial charge in [-0.15, -0.1) is 0 Å². The van der Waals surface area contributed by atoms with Crippen LogP contribution >= 0.6 is 0 Å². The maximum absolute atomic E-state index is 13.1. The van der Waals surface area contributed by atoms with E-state index in [4.69, 9.17) is 0 Å². The molecule has 0 spiro atoms. The lowest BCUT2D eigenvalue weighted by atomic mass is 10.2. The Morgan fingerprint density at radius 3 is 2.28 bits per heavy atom. The fourth-order valence-corrected chi connectivity index (χ4v) is 3.20. The van der Waals surface area contributed by atoms with Crippen LogP contribution < -0.4 is 0 Å². The van der Waals surface area contributed by atoms with Crippen LogP contribution in [0.5, 0.6) is 0 Å². The van der Waals surface area contributed by atoms with Gasteiger partial charge in [0.2, 0.25) is 0 Å². The number of rotatable bonds is 3. The highest BCUT2D eigenvalue weighted by molar-refractivity contribution is 7.91. The molecule has 0 saturated carbocycles. The second kappa shape index (κ2) is 4.90. The predicted octanol–water partition coefficient (Wildman–Crippen LogP) is 3.36. The summed E-state index contributed by atoms with van der Waals surface area (Å²) in [5.74, 6) is -0.428. The number of benzene rings is 2. The molecular weight excluding hydrogens is 251 g/mol. The van der Waals surface area contributed by atoms with Gasteiger partial charge in [-0.25, -0.2) is 12.8 Å². The molecule has 0 aliphatic heterocycles. The highest BCUT2D eigenvalue weighted by Gasteiger charge is 2.24. The third-order valence-corrected chi connectivity index (χ3v) is 4.99. The summed E-state index contributed by atoms with van der Waals surface area (Å²) < 4.78 is 37.8. The molecule has 18 heavy (non-hydrogen) atoms. The summed E-state index contributed by atoms with van der Waals surface area (Å²) >= 11 is 0. The summed E-state index contributed by atoms with van der Waals surface area (Å²) in [5, 5.41) is -0.768. The molecule has 1 atom stereocenters. The molecule has 0 fully saturated rings. The van der Waals surface area contributed by atoms with Crippen LogP contribution in [0.3, 0.4) is 0 Å². The number of halogens is 1. The van der Waals surface area contributed by atoms with Crippen LogP contribution in [-0.2, 0) is 9.84 Å². The first-order valence-corrected chi connectivity index (χ1v) is 7.11. The Morgan fingerprint density at radius 2 is 1.67 bits per heavy atom. The molecule has 4 heteroatoms. The maximum Gasteiger partial charge on any atom is 0.185 e. The Morgan fingerprint density at radius 1 is 1.00 bits per heavy atom. The Balaban J connectivity index is 2.43. The average Bonchev–Trinajstić information content (AvgIpc) is 2.39. The van der Waals surface area contributed by atoms with Crippen molar-refractivity contribution in [3.05, 3.63) is 66.0 Å². The van der Waals surface area contributed by atoms with Crippen molar-refractivity contribution in [2.24, 2.45) is 0 Å². The van der Waals surface area contributed by atoms with E-state index in [9.17, 15) is 12.8 Å². The van der Waals surface area contributed by atoms with E-state index in [0.717, 1.165) is 0 Å². The predicted molar refractivity (Wildman–Crippen MR) is 68.4 cm³/mol. The lowest BCUT2D eigenvalue weighted by Gasteiger charge is -2.13. The molecule has 0 bridgehead atoms. The third kappa shape index (κ3) is 2.43. The molecule has 0 radical (unpaired) electrons. The summed E-state index contributed by atoms with van der Waals surface area (Å²) in [7, 11) is -3.48. The fourth-order valence-electron chi connectivity index (χ4n) is 1.75. The molecule has 0 N–H and O–H groups in total. The van der Waals surface area contributed by atoms with Crippen LogP contribution in [0.2, 0.25) is 0 Å². The molecule has 0 heterocycles. The zero-order valence-electron chi connectivity index (χ0n) is 9.88. The first-order chi connectivity index (χ1) is 8.51. The lowest BCUT2D eigenvalue weighted by Crippen LogP contribution is -2.10. The minimum Gasteiger partial charge on any atom is -0.223 e. The molecule has 2 nitrogen and oxygen atoms in total. The minimum atomic E-state index is -3.48. The van der Waals surface area contributed by atoms with Crippen molar-refractivity contribution in [3.8, 4) is 0 Å². The van der Waals surface area contributed by atoms with E-state index in [2.05, 4.69) is 0 Å². The van der Waals surface area contributed by atoms with Crippen LogP contribution in [0, 0.1) is 5.82 Å². The van der Waals surface area contributed by atoms with Crippen molar-refractivity contribution < 1.29 is 12.8 Å². The van der Waals surface area contributed by atoms with Gasteiger partial charge in [0, 0.05) is 0 Å². The summed E-state index contributed by atoms with van der Waals surface area (Å²) in [6.45, 7) is 1.57. The zero-order valence-corrected chi connectivity index (χ0v) is 10.7. The summed E-state index contributed by atoms with van der Waals surface area (Å²) in [4.78, 5) is 0.252. The number of hydrogen-bond acceptors (Lipinski definition) is 2. The monoisotopic (exact) mass is 264 g/mol. The van der Waals surface area contributed by atoms with Crippen molar-refractivity contribution in [1.29, 1.82) is 0 Å². The molecule has 0 aromatic heterocycles. The van der Waals surface area contributed by atoms with Crippen molar-refractivity contribution >= 4 is 9.84 Å². The van der Waals surface area contributed by atoms with Gasteiger partial charge in [-0.05, 0) is 36.8 Å². The molecular formula is C14H13FO2S. The molecule has 0 aliphatic rings. The molecule has 94 valence electrons. The number of sulfone groups is 1. The topological polar surface area (TPSA) is 34.1 Å². The molecule has 2 aromatic rings. The third-order valence-electron chi connectivity index (χ3n) is 2.86. The van der Waals surface area contributed by atoms with Crippen molar-refractivity contribution in [2.45, 2.75) is 17.1 Å². The van der Waals surface area contributed by atoms with Gasteiger partial charge in [0.15, 0.2) is 9.84 Å². The summed E-state index contributed by atoms with van der Waals surface area (Å²) in [5.41, 5.74) is 0.457. The van der Waals surface area contributed by atoms with E-state index >= 15 is 0 Å². The first-order valence-electron chi connectivity index (χ1n) is 5.56. The molecule has 0 saturated heterocycles. The van der Waals surface area contributed by atoms with Gasteiger partial charge in [-0.1, -0.05) is 30.3 Å². The average molecular weight is 264 g/mol. The normalized spacial score (nSPS) is 13.2. The highest BCUT2D eigenvalue weighted by Crippen LogP contribution is 2.28. The van der Waals surface area contributed by atoms with Crippen molar-refractivity contribution in [3.63, 3.8) is 0 Å². The quantitative estimate of drug-likeness (QED) is 0.851. The largest absolute Gasteiger partial charge is 0.223 e. The van der Waals surface area contributed by atoms with E-state index in [-0.39, 0.29) is 4.90 Å². The van der Waals surface area contributed by atoms with Crippen LogP contribution in [0.25, 0.3) is 0 Å². The molecule has 0 unspecified atom stereocenters. The molecule has 0 amide bonds. The Kier molecular flexibility index (Phi) is 3.48. The van der Waals surface area contributed by atoms with Gasteiger partial charge >= 0.3 is 0 Å². The van der Waals surface area contributed by atoms with Gasteiger partial charge in [-0.3, -0.25) is 0 Å². The highest BCUT2D eigenvalue weighted by atomic mass is 32.2. The van der Waals surface area contributed by atoms with Gasteiger partial charge in [0.05, 0.1) is 10.1 Å². The van der Waals surface area contributed by atoms with E-state index < -0.39 is 20.9 Å². The Labute approximate surface area is 106 Å². The SMILES string of the molecule is C[C@@H](c1cccc(F)c1)S(=O)(=O)c1ccccc1. The standard InChI is InChI=1S/C14H13FO2S/c1-11(12-6-5-7-13(15)10-12)18(16,17)14-8-3-2-4-9-14/h2-11H,1H3/t11-/m0/s1. The van der Waals surface area contributed by atoms with Crippen molar-refractivity contribution in [2.75, 3.05) is 0 Å². The van der Waals surface area contributed by atoms with Crippen LogP contribution in [0.15, 0.2) is 59.5 Å². The van der Waals surface area contributed by atoms with Crippen molar-refractivity contribution in [1.82, 2.24) is 0 Å². The van der Waals surface area contributed by atoms with Crippen LogP contribution in [0.1, 0.15) is 17.7 Å². The summed E-state index contributed by atoms with van der Waals surface area (Å²) in [6, 6.07) is 13.9. The maximum atomic E-state index is 13.1. The second-order valence-electron chi connectivity index (χ2n) is 4.06. The number of hydrogen-bond donors (Lipinski definition) is 0. The fraction of sp³-hybridized carbons (Fsp3) is 0.143.